The zero-order chi connectivity index (χ0) is 22.1. The predicted molar refractivity (Wildman–Crippen MR) is 120 cm³/mol. The number of nitrogen functional groups attached to an aromatic ring is 1. The van der Waals surface area contributed by atoms with Crippen molar-refractivity contribution < 1.29 is 9.21 Å². The number of hydrogen-bond donors (Lipinski definition) is 2. The van der Waals surface area contributed by atoms with Crippen LogP contribution in [0.3, 0.4) is 0 Å². The van der Waals surface area contributed by atoms with E-state index in [1.807, 2.05) is 38.1 Å². The number of amides is 1. The Hall–Kier alpha value is -3.87. The van der Waals surface area contributed by atoms with Crippen molar-refractivity contribution in [1.82, 2.24) is 14.9 Å². The third-order valence-electron chi connectivity index (χ3n) is 5.43. The maximum absolute atomic E-state index is 12.8. The Bertz CT molecular complexity index is 1330. The van der Waals surface area contributed by atoms with Gasteiger partial charge in [0.1, 0.15) is 17.3 Å². The molecule has 0 atom stereocenters. The molecular formula is C24H24N4O3. The van der Waals surface area contributed by atoms with Gasteiger partial charge in [0, 0.05) is 23.8 Å². The Kier molecular flexibility index (Phi) is 5.33. The van der Waals surface area contributed by atoms with Gasteiger partial charge in [-0.15, -0.1) is 0 Å². The second kappa shape index (κ2) is 8.10. The van der Waals surface area contributed by atoms with Gasteiger partial charge < -0.3 is 20.0 Å². The molecule has 0 spiro atoms. The summed E-state index contributed by atoms with van der Waals surface area (Å²) in [5, 5.41) is 4.46. The van der Waals surface area contributed by atoms with Crippen LogP contribution in [0.1, 0.15) is 38.7 Å². The highest BCUT2D eigenvalue weighted by atomic mass is 16.3. The topological polar surface area (TPSA) is 103 Å². The van der Waals surface area contributed by atoms with Gasteiger partial charge in [-0.25, -0.2) is 4.98 Å². The highest BCUT2D eigenvalue weighted by molar-refractivity contribution is 5.95. The van der Waals surface area contributed by atoms with E-state index < -0.39 is 0 Å². The molecule has 0 saturated heterocycles. The van der Waals surface area contributed by atoms with Crippen LogP contribution >= 0.6 is 0 Å². The van der Waals surface area contributed by atoms with Crippen LogP contribution in [0, 0.1) is 20.8 Å². The summed E-state index contributed by atoms with van der Waals surface area (Å²) in [5.41, 5.74) is 8.82. The summed E-state index contributed by atoms with van der Waals surface area (Å²) >= 11 is 0. The molecule has 0 bridgehead atoms. The van der Waals surface area contributed by atoms with Gasteiger partial charge >= 0.3 is 0 Å². The number of rotatable bonds is 5. The van der Waals surface area contributed by atoms with Crippen LogP contribution in [0.2, 0.25) is 0 Å². The summed E-state index contributed by atoms with van der Waals surface area (Å²) in [6, 6.07) is 12.8. The Morgan fingerprint density at radius 3 is 2.71 bits per heavy atom. The molecule has 0 aliphatic rings. The van der Waals surface area contributed by atoms with Crippen molar-refractivity contribution in [3.8, 4) is 0 Å². The number of carbonyl (C=O) groups excluding carboxylic acids is 1. The molecule has 0 radical (unpaired) electrons. The fraction of sp³-hybridized carbons (Fsp3) is 0.208. The molecule has 3 heterocycles. The molecule has 1 amide bonds. The van der Waals surface area contributed by atoms with Crippen molar-refractivity contribution >= 4 is 22.5 Å². The van der Waals surface area contributed by atoms with Crippen LogP contribution < -0.4 is 16.6 Å². The van der Waals surface area contributed by atoms with E-state index in [1.165, 1.54) is 0 Å². The molecule has 0 aliphatic carbocycles. The Morgan fingerprint density at radius 2 is 1.94 bits per heavy atom. The summed E-state index contributed by atoms with van der Waals surface area (Å²) < 4.78 is 7.35. The van der Waals surface area contributed by atoms with Gasteiger partial charge in [0.15, 0.2) is 0 Å². The summed E-state index contributed by atoms with van der Waals surface area (Å²) in [4.78, 5) is 29.7. The van der Waals surface area contributed by atoms with Crippen molar-refractivity contribution in [1.29, 1.82) is 0 Å². The molecule has 7 heteroatoms. The van der Waals surface area contributed by atoms with E-state index in [2.05, 4.69) is 10.3 Å². The quantitative estimate of drug-likeness (QED) is 0.518. The monoisotopic (exact) mass is 416 g/mol. The zero-order valence-electron chi connectivity index (χ0n) is 17.7. The molecule has 0 saturated carbocycles. The van der Waals surface area contributed by atoms with Crippen molar-refractivity contribution in [2.24, 2.45) is 0 Å². The predicted octanol–water partition coefficient (Wildman–Crippen LogP) is 3.48. The van der Waals surface area contributed by atoms with Crippen LogP contribution in [0.25, 0.3) is 10.8 Å². The lowest BCUT2D eigenvalue weighted by atomic mass is 10.1. The smallest absolute Gasteiger partial charge is 0.258 e. The molecule has 4 rings (SSSR count). The van der Waals surface area contributed by atoms with Gasteiger partial charge in [0.2, 0.25) is 0 Å². The maximum Gasteiger partial charge on any atom is 0.258 e. The van der Waals surface area contributed by atoms with Crippen LogP contribution in [0.15, 0.2) is 57.9 Å². The molecule has 1 aromatic carbocycles. The van der Waals surface area contributed by atoms with E-state index in [1.54, 1.807) is 35.9 Å². The van der Waals surface area contributed by atoms with Crippen molar-refractivity contribution in [2.45, 2.75) is 33.9 Å². The molecule has 4 aromatic rings. The average Bonchev–Trinajstić information content (AvgIpc) is 3.09. The molecule has 0 aliphatic heterocycles. The zero-order valence-corrected chi connectivity index (χ0v) is 17.7. The van der Waals surface area contributed by atoms with Crippen molar-refractivity contribution in [3.63, 3.8) is 0 Å². The summed E-state index contributed by atoms with van der Waals surface area (Å²) in [6.07, 6.45) is 1.74. The van der Waals surface area contributed by atoms with Crippen LogP contribution in [-0.4, -0.2) is 15.5 Å². The van der Waals surface area contributed by atoms with E-state index >= 15 is 0 Å². The number of benzene rings is 1. The minimum absolute atomic E-state index is 0.0973. The summed E-state index contributed by atoms with van der Waals surface area (Å²) in [7, 11) is 0. The number of furan rings is 1. The lowest BCUT2D eigenvalue weighted by Gasteiger charge is -2.11. The fourth-order valence-corrected chi connectivity index (χ4v) is 3.79. The minimum Gasteiger partial charge on any atom is -0.464 e. The first-order valence-corrected chi connectivity index (χ1v) is 10.0. The molecule has 0 fully saturated rings. The van der Waals surface area contributed by atoms with Gasteiger partial charge in [-0.3, -0.25) is 9.59 Å². The Labute approximate surface area is 179 Å². The molecule has 0 unspecified atom stereocenters. The lowest BCUT2D eigenvalue weighted by molar-refractivity contribution is 0.0949. The summed E-state index contributed by atoms with van der Waals surface area (Å²) in [5.74, 6) is 1.27. The number of nitrogens with zero attached hydrogens (tertiary/aromatic N) is 2. The van der Waals surface area contributed by atoms with Crippen molar-refractivity contribution in [3.05, 3.63) is 92.9 Å². The number of anilines is 1. The number of hydrogen-bond acceptors (Lipinski definition) is 5. The standard InChI is InChI=1S/C24H24N4O3/c1-14-10-22(25)27-15(2)21(14)12-26-23(29)20-11-18(31-16(20)3)13-28-9-8-17-6-4-5-7-19(17)24(28)30/h4-11H,12-13H2,1-3H3,(H2,25,27)(H,26,29). The number of nitrogens with two attached hydrogens (primary N) is 1. The van der Waals surface area contributed by atoms with E-state index in [0.29, 0.717) is 34.8 Å². The summed E-state index contributed by atoms with van der Waals surface area (Å²) in [6.45, 7) is 6.14. The lowest BCUT2D eigenvalue weighted by Crippen LogP contribution is -2.24. The fourth-order valence-electron chi connectivity index (χ4n) is 3.79. The normalized spacial score (nSPS) is 11.1. The second-order valence-corrected chi connectivity index (χ2v) is 7.63. The van der Waals surface area contributed by atoms with E-state index in [9.17, 15) is 9.59 Å². The highest BCUT2D eigenvalue weighted by Crippen LogP contribution is 2.18. The number of aromatic nitrogens is 2. The third kappa shape index (κ3) is 4.07. The first-order valence-electron chi connectivity index (χ1n) is 10.0. The minimum atomic E-state index is -0.242. The molecule has 7 nitrogen and oxygen atoms in total. The van der Waals surface area contributed by atoms with Crippen LogP contribution in [0.4, 0.5) is 5.82 Å². The Morgan fingerprint density at radius 1 is 1.16 bits per heavy atom. The molecule has 31 heavy (non-hydrogen) atoms. The molecule has 3 aromatic heterocycles. The maximum atomic E-state index is 12.8. The van der Waals surface area contributed by atoms with Gasteiger partial charge in [-0.2, -0.15) is 0 Å². The SMILES string of the molecule is Cc1cc(N)nc(C)c1CNC(=O)c1cc(Cn2ccc3ccccc3c2=O)oc1C. The largest absolute Gasteiger partial charge is 0.464 e. The number of pyridine rings is 2. The average molecular weight is 416 g/mol. The first-order chi connectivity index (χ1) is 14.8. The van der Waals surface area contributed by atoms with Crippen LogP contribution in [0.5, 0.6) is 0 Å². The van der Waals surface area contributed by atoms with Gasteiger partial charge in [-0.05, 0) is 61.5 Å². The molecule has 3 N–H and O–H groups in total. The molecule has 158 valence electrons. The van der Waals surface area contributed by atoms with Crippen LogP contribution in [-0.2, 0) is 13.1 Å². The van der Waals surface area contributed by atoms with Gasteiger partial charge in [0.25, 0.3) is 11.5 Å². The van der Waals surface area contributed by atoms with E-state index in [-0.39, 0.29) is 18.0 Å². The Balaban J connectivity index is 1.52. The van der Waals surface area contributed by atoms with Crippen molar-refractivity contribution in [2.75, 3.05) is 5.73 Å². The number of nitrogens with one attached hydrogen (secondary N) is 1. The van der Waals surface area contributed by atoms with Gasteiger partial charge in [-0.1, -0.05) is 18.2 Å². The number of carbonyl (C=O) groups is 1. The third-order valence-corrected chi connectivity index (χ3v) is 5.43. The molecular weight excluding hydrogens is 392 g/mol. The second-order valence-electron chi connectivity index (χ2n) is 7.63. The first kappa shape index (κ1) is 20.4. The van der Waals surface area contributed by atoms with E-state index in [0.717, 1.165) is 22.2 Å². The van der Waals surface area contributed by atoms with E-state index in [4.69, 9.17) is 10.2 Å². The van der Waals surface area contributed by atoms with Gasteiger partial charge in [0.05, 0.1) is 12.1 Å². The number of aryl methyl sites for hydroxylation is 3. The number of fused-ring (bicyclic) bond motifs is 1. The highest BCUT2D eigenvalue weighted by Gasteiger charge is 2.17.